The smallest absolute Gasteiger partial charge is 0.262 e. The molecule has 0 fully saturated rings. The van der Waals surface area contributed by atoms with Crippen LogP contribution in [0.3, 0.4) is 0 Å². The second-order valence-corrected chi connectivity index (χ2v) is 9.96. The third kappa shape index (κ3) is 5.97. The Bertz CT molecular complexity index is 1530. The van der Waals surface area contributed by atoms with Crippen LogP contribution < -0.4 is 15.4 Å². The van der Waals surface area contributed by atoms with Crippen LogP contribution in [0.5, 0.6) is 0 Å². The molecule has 4 rings (SSSR count). The van der Waals surface area contributed by atoms with Gasteiger partial charge in [0, 0.05) is 28.2 Å². The number of rotatable bonds is 7. The molecule has 0 spiro atoms. The van der Waals surface area contributed by atoms with E-state index >= 15 is 0 Å². The van der Waals surface area contributed by atoms with Crippen LogP contribution in [-0.2, 0) is 10.0 Å². The molecule has 0 saturated heterocycles. The van der Waals surface area contributed by atoms with Gasteiger partial charge in [0.1, 0.15) is 0 Å². The molecular weight excluding hydrogens is 474 g/mol. The van der Waals surface area contributed by atoms with Gasteiger partial charge in [0.05, 0.1) is 4.90 Å². The van der Waals surface area contributed by atoms with Gasteiger partial charge in [-0.15, -0.1) is 0 Å². The number of sulfonamides is 1. The Morgan fingerprint density at radius 3 is 1.89 bits per heavy atom. The molecule has 4 aromatic rings. The minimum atomic E-state index is -3.83. The molecule has 0 radical (unpaired) electrons. The zero-order valence-electron chi connectivity index (χ0n) is 19.8. The van der Waals surface area contributed by atoms with Gasteiger partial charge in [0.25, 0.3) is 21.8 Å². The van der Waals surface area contributed by atoms with Crippen molar-refractivity contribution < 1.29 is 18.0 Å². The normalized spacial score (nSPS) is 10.9. The molecule has 0 atom stereocenters. The van der Waals surface area contributed by atoms with Crippen molar-refractivity contribution in [3.05, 3.63) is 119 Å². The van der Waals surface area contributed by atoms with Crippen LogP contribution >= 0.6 is 0 Å². The van der Waals surface area contributed by atoms with Crippen molar-refractivity contribution in [2.75, 3.05) is 15.4 Å². The van der Waals surface area contributed by atoms with Crippen LogP contribution in [-0.4, -0.2) is 20.2 Å². The molecule has 0 aromatic heterocycles. The van der Waals surface area contributed by atoms with Crippen LogP contribution in [0.4, 0.5) is 17.1 Å². The summed E-state index contributed by atoms with van der Waals surface area (Å²) in [6, 6.07) is 27.0. The molecule has 8 heteroatoms. The lowest BCUT2D eigenvalue weighted by molar-refractivity contribution is 0.101. The zero-order valence-corrected chi connectivity index (χ0v) is 20.6. The van der Waals surface area contributed by atoms with Gasteiger partial charge in [-0.1, -0.05) is 42.5 Å². The summed E-state index contributed by atoms with van der Waals surface area (Å²) in [5.41, 5.74) is 3.52. The lowest BCUT2D eigenvalue weighted by atomic mass is 10.2. The molecule has 0 bridgehead atoms. The first kappa shape index (κ1) is 24.7. The Morgan fingerprint density at radius 1 is 0.611 bits per heavy atom. The standard InChI is InChI=1S/C28H25N3O4S/c1-19-14-15-20(2)26(16-19)36(34,35)31-25-13-6-10-22(17-25)28(33)30-24-12-7-11-23(18-24)29-27(32)21-8-4-3-5-9-21/h3-18,31H,1-2H3,(H,29,32)(H,30,33). The van der Waals surface area contributed by atoms with E-state index < -0.39 is 15.9 Å². The summed E-state index contributed by atoms with van der Waals surface area (Å²) in [5, 5.41) is 5.59. The molecule has 4 aromatic carbocycles. The summed E-state index contributed by atoms with van der Waals surface area (Å²) in [4.78, 5) is 25.5. The Kier molecular flexibility index (Phi) is 7.17. The molecule has 3 N–H and O–H groups in total. The van der Waals surface area contributed by atoms with E-state index in [1.54, 1.807) is 85.8 Å². The summed E-state index contributed by atoms with van der Waals surface area (Å²) in [7, 11) is -3.83. The maximum atomic E-state index is 12.9. The Hall–Kier alpha value is -4.43. The zero-order chi connectivity index (χ0) is 25.7. The number of aryl methyl sites for hydroxylation is 2. The molecule has 0 aliphatic rings. The molecule has 2 amide bonds. The number of carbonyl (C=O) groups excluding carboxylic acids is 2. The quantitative estimate of drug-likeness (QED) is 0.307. The summed E-state index contributed by atoms with van der Waals surface area (Å²) < 4.78 is 28.4. The van der Waals surface area contributed by atoms with Crippen molar-refractivity contribution in [2.24, 2.45) is 0 Å². The van der Waals surface area contributed by atoms with Gasteiger partial charge in [-0.2, -0.15) is 0 Å². The van der Waals surface area contributed by atoms with Gasteiger partial charge >= 0.3 is 0 Å². The molecule has 182 valence electrons. The fourth-order valence-corrected chi connectivity index (χ4v) is 4.98. The monoisotopic (exact) mass is 499 g/mol. The van der Waals surface area contributed by atoms with E-state index in [9.17, 15) is 18.0 Å². The topological polar surface area (TPSA) is 104 Å². The third-order valence-corrected chi connectivity index (χ3v) is 6.95. The van der Waals surface area contributed by atoms with Crippen molar-refractivity contribution in [3.63, 3.8) is 0 Å². The molecule has 0 saturated carbocycles. The lowest BCUT2D eigenvalue weighted by Gasteiger charge is -2.12. The Labute approximate surface area is 210 Å². The van der Waals surface area contributed by atoms with Gasteiger partial charge in [0.2, 0.25) is 0 Å². The molecule has 7 nitrogen and oxygen atoms in total. The number of nitrogens with one attached hydrogen (secondary N) is 3. The van der Waals surface area contributed by atoms with Crippen LogP contribution in [0.15, 0.2) is 102 Å². The third-order valence-electron chi connectivity index (χ3n) is 5.42. The highest BCUT2D eigenvalue weighted by Crippen LogP contribution is 2.22. The number of anilines is 3. The van der Waals surface area contributed by atoms with Gasteiger partial charge in [0.15, 0.2) is 0 Å². The molecule has 0 unspecified atom stereocenters. The Morgan fingerprint density at radius 2 is 1.19 bits per heavy atom. The summed E-state index contributed by atoms with van der Waals surface area (Å²) in [5.74, 6) is -0.683. The summed E-state index contributed by atoms with van der Waals surface area (Å²) >= 11 is 0. The van der Waals surface area contributed by atoms with E-state index in [2.05, 4.69) is 15.4 Å². The molecule has 0 aliphatic carbocycles. The molecule has 0 aliphatic heterocycles. The fourth-order valence-electron chi connectivity index (χ4n) is 3.60. The number of hydrogen-bond acceptors (Lipinski definition) is 4. The first-order valence-corrected chi connectivity index (χ1v) is 12.7. The van der Waals surface area contributed by atoms with Crippen LogP contribution in [0.25, 0.3) is 0 Å². The van der Waals surface area contributed by atoms with E-state index in [-0.39, 0.29) is 22.1 Å². The van der Waals surface area contributed by atoms with E-state index in [0.29, 0.717) is 22.5 Å². The number of amides is 2. The average Bonchev–Trinajstić information content (AvgIpc) is 2.86. The fraction of sp³-hybridized carbons (Fsp3) is 0.0714. The van der Waals surface area contributed by atoms with Crippen molar-refractivity contribution >= 4 is 38.9 Å². The second-order valence-electron chi connectivity index (χ2n) is 8.31. The minimum absolute atomic E-state index is 0.187. The van der Waals surface area contributed by atoms with Crippen molar-refractivity contribution in [1.82, 2.24) is 0 Å². The highest BCUT2D eigenvalue weighted by atomic mass is 32.2. The highest BCUT2D eigenvalue weighted by molar-refractivity contribution is 7.92. The number of hydrogen-bond donors (Lipinski definition) is 3. The van der Waals surface area contributed by atoms with E-state index in [4.69, 9.17) is 0 Å². The molecular formula is C28H25N3O4S. The van der Waals surface area contributed by atoms with Crippen molar-refractivity contribution in [3.8, 4) is 0 Å². The minimum Gasteiger partial charge on any atom is -0.322 e. The second kappa shape index (κ2) is 10.5. The average molecular weight is 500 g/mol. The van der Waals surface area contributed by atoms with Crippen LogP contribution in [0, 0.1) is 13.8 Å². The maximum Gasteiger partial charge on any atom is 0.262 e. The van der Waals surface area contributed by atoms with Crippen LogP contribution in [0.1, 0.15) is 31.8 Å². The van der Waals surface area contributed by atoms with E-state index in [1.807, 2.05) is 19.1 Å². The number of benzene rings is 4. The molecule has 0 heterocycles. The largest absolute Gasteiger partial charge is 0.322 e. The van der Waals surface area contributed by atoms with Gasteiger partial charge in [-0.25, -0.2) is 8.42 Å². The summed E-state index contributed by atoms with van der Waals surface area (Å²) in [6.45, 7) is 3.56. The lowest BCUT2D eigenvalue weighted by Crippen LogP contribution is -2.16. The number of carbonyl (C=O) groups is 2. The molecule has 36 heavy (non-hydrogen) atoms. The van der Waals surface area contributed by atoms with Gasteiger partial charge < -0.3 is 10.6 Å². The van der Waals surface area contributed by atoms with Gasteiger partial charge in [-0.3, -0.25) is 14.3 Å². The first-order valence-electron chi connectivity index (χ1n) is 11.2. The summed E-state index contributed by atoms with van der Waals surface area (Å²) in [6.07, 6.45) is 0. The predicted molar refractivity (Wildman–Crippen MR) is 142 cm³/mol. The van der Waals surface area contributed by atoms with E-state index in [0.717, 1.165) is 5.56 Å². The Balaban J connectivity index is 1.47. The maximum absolute atomic E-state index is 12.9. The highest BCUT2D eigenvalue weighted by Gasteiger charge is 2.18. The van der Waals surface area contributed by atoms with Crippen molar-refractivity contribution in [1.29, 1.82) is 0 Å². The predicted octanol–water partition coefficient (Wildman–Crippen LogP) is 5.61. The SMILES string of the molecule is Cc1ccc(C)c(S(=O)(=O)Nc2cccc(C(=O)Nc3cccc(NC(=O)c4ccccc4)c3)c2)c1. The van der Waals surface area contributed by atoms with Crippen LogP contribution in [0.2, 0.25) is 0 Å². The first-order chi connectivity index (χ1) is 17.2. The van der Waals surface area contributed by atoms with Gasteiger partial charge in [-0.05, 0) is 79.6 Å². The van der Waals surface area contributed by atoms with E-state index in [1.165, 1.54) is 6.07 Å². The van der Waals surface area contributed by atoms with Crippen molar-refractivity contribution in [2.45, 2.75) is 18.7 Å².